The highest BCUT2D eigenvalue weighted by Crippen LogP contribution is 2.38. The van der Waals surface area contributed by atoms with Crippen molar-refractivity contribution in [3.63, 3.8) is 0 Å². The van der Waals surface area contributed by atoms with Crippen LogP contribution in [0.15, 0.2) is 60.9 Å². The van der Waals surface area contributed by atoms with E-state index >= 15 is 0 Å². The average molecular weight is 436 g/mol. The smallest absolute Gasteiger partial charge is 0.254 e. The number of aromatic amines is 1. The first-order valence-corrected chi connectivity index (χ1v) is 11.6. The number of likely N-dealkylation sites (tertiary alicyclic amines) is 1. The molecular weight excluding hydrogens is 410 g/mol. The van der Waals surface area contributed by atoms with Gasteiger partial charge in [-0.25, -0.2) is 9.97 Å². The van der Waals surface area contributed by atoms with Crippen LogP contribution >= 0.6 is 0 Å². The molecule has 0 unspecified atom stereocenters. The molecule has 6 rings (SSSR count). The molecular formula is C27H25N5O. The molecule has 1 aliphatic heterocycles. The monoisotopic (exact) mass is 435 g/mol. The Morgan fingerprint density at radius 2 is 1.79 bits per heavy atom. The lowest BCUT2D eigenvalue weighted by atomic mass is 9.94. The second kappa shape index (κ2) is 8.28. The molecule has 1 fully saturated rings. The maximum atomic E-state index is 13.9. The number of benzene rings is 2. The third-order valence-electron chi connectivity index (χ3n) is 6.90. The van der Waals surface area contributed by atoms with Crippen molar-refractivity contribution in [2.45, 2.75) is 31.6 Å². The summed E-state index contributed by atoms with van der Waals surface area (Å²) in [5.74, 6) is 1.38. The Bertz CT molecular complexity index is 1340. The van der Waals surface area contributed by atoms with Crippen LogP contribution < -0.4 is 0 Å². The normalized spacial score (nSPS) is 17.6. The first kappa shape index (κ1) is 19.9. The highest BCUT2D eigenvalue weighted by Gasteiger charge is 2.31. The number of carbonyl (C=O) groups is 1. The molecule has 0 atom stereocenters. The zero-order valence-corrected chi connectivity index (χ0v) is 18.4. The summed E-state index contributed by atoms with van der Waals surface area (Å²) in [4.78, 5) is 25.2. The molecule has 0 spiro atoms. The van der Waals surface area contributed by atoms with Gasteiger partial charge in [0, 0.05) is 24.4 Å². The van der Waals surface area contributed by atoms with Crippen LogP contribution in [-0.4, -0.2) is 44.1 Å². The van der Waals surface area contributed by atoms with Crippen molar-refractivity contribution in [1.29, 1.82) is 0 Å². The van der Waals surface area contributed by atoms with Gasteiger partial charge in [0.15, 0.2) is 0 Å². The van der Waals surface area contributed by atoms with E-state index in [1.807, 2.05) is 47.4 Å². The van der Waals surface area contributed by atoms with Crippen molar-refractivity contribution >= 4 is 28.5 Å². The molecule has 6 nitrogen and oxygen atoms in total. The molecule has 0 saturated carbocycles. The number of H-pyrrole nitrogens is 1. The van der Waals surface area contributed by atoms with Crippen molar-refractivity contribution in [2.75, 3.05) is 13.1 Å². The van der Waals surface area contributed by atoms with E-state index in [9.17, 15) is 4.79 Å². The summed E-state index contributed by atoms with van der Waals surface area (Å²) in [6, 6.07) is 18.4. The predicted octanol–water partition coefficient (Wildman–Crippen LogP) is 4.86. The fourth-order valence-corrected chi connectivity index (χ4v) is 5.20. The van der Waals surface area contributed by atoms with Gasteiger partial charge in [-0.05, 0) is 54.5 Å². The van der Waals surface area contributed by atoms with Gasteiger partial charge >= 0.3 is 0 Å². The number of carbonyl (C=O) groups excluding carboxylic acids is 1. The number of rotatable bonds is 3. The number of pyridine rings is 1. The average Bonchev–Trinajstić information content (AvgIpc) is 3.54. The molecule has 2 aromatic carbocycles. The standard InChI is InChI=1S/C27H25N5O/c33-27(32-14-12-19(13-15-32)26-28-17-29-31-26)24-21-8-4-5-9-23(21)30-25-20(10-11-22(24)25)16-18-6-2-1-3-7-18/h1-9,16-17,19H,10-15H2,(H,28,29,31)/b20-16-. The maximum absolute atomic E-state index is 13.9. The lowest BCUT2D eigenvalue weighted by Crippen LogP contribution is -2.38. The van der Waals surface area contributed by atoms with Gasteiger partial charge in [0.25, 0.3) is 5.91 Å². The molecule has 2 aromatic heterocycles. The van der Waals surface area contributed by atoms with Gasteiger partial charge in [-0.15, -0.1) is 0 Å². The number of para-hydroxylation sites is 1. The molecule has 0 bridgehead atoms. The van der Waals surface area contributed by atoms with Gasteiger partial charge < -0.3 is 4.90 Å². The summed E-state index contributed by atoms with van der Waals surface area (Å²) in [6.07, 6.45) is 7.31. The third-order valence-corrected chi connectivity index (χ3v) is 6.90. The van der Waals surface area contributed by atoms with E-state index in [2.05, 4.69) is 33.4 Å². The number of fused-ring (bicyclic) bond motifs is 2. The van der Waals surface area contributed by atoms with Crippen molar-refractivity contribution in [2.24, 2.45) is 0 Å². The van der Waals surface area contributed by atoms with Crippen LogP contribution in [0.1, 0.15) is 58.2 Å². The fraction of sp³-hybridized carbons (Fsp3) is 0.259. The predicted molar refractivity (Wildman–Crippen MR) is 129 cm³/mol. The minimum absolute atomic E-state index is 0.127. The molecule has 6 heteroatoms. The van der Waals surface area contributed by atoms with Crippen molar-refractivity contribution in [3.8, 4) is 0 Å². The molecule has 1 saturated heterocycles. The number of hydrogen-bond acceptors (Lipinski definition) is 4. The van der Waals surface area contributed by atoms with Crippen LogP contribution in [0, 0.1) is 0 Å². The van der Waals surface area contributed by atoms with Crippen molar-refractivity contribution in [1.82, 2.24) is 25.1 Å². The Balaban J connectivity index is 1.37. The maximum Gasteiger partial charge on any atom is 0.254 e. The van der Waals surface area contributed by atoms with Gasteiger partial charge in [-0.3, -0.25) is 9.89 Å². The molecule has 2 aliphatic rings. The van der Waals surface area contributed by atoms with Crippen LogP contribution in [0.2, 0.25) is 0 Å². The molecule has 4 aromatic rings. The number of hydrogen-bond donors (Lipinski definition) is 1. The van der Waals surface area contributed by atoms with Gasteiger partial charge in [-0.2, -0.15) is 5.10 Å². The van der Waals surface area contributed by atoms with Crippen molar-refractivity contribution < 1.29 is 4.79 Å². The van der Waals surface area contributed by atoms with E-state index in [-0.39, 0.29) is 5.91 Å². The lowest BCUT2D eigenvalue weighted by Gasteiger charge is -2.31. The number of allylic oxidation sites excluding steroid dienone is 1. The van der Waals surface area contributed by atoms with Crippen LogP contribution in [0.3, 0.4) is 0 Å². The summed E-state index contributed by atoms with van der Waals surface area (Å²) in [5.41, 5.74) is 6.18. The first-order chi connectivity index (χ1) is 16.3. The van der Waals surface area contributed by atoms with E-state index < -0.39 is 0 Å². The highest BCUT2D eigenvalue weighted by atomic mass is 16.2. The molecule has 1 amide bonds. The molecule has 0 radical (unpaired) electrons. The Morgan fingerprint density at radius 3 is 2.58 bits per heavy atom. The van der Waals surface area contributed by atoms with Gasteiger partial charge in [0.2, 0.25) is 0 Å². The largest absolute Gasteiger partial charge is 0.339 e. The SMILES string of the molecule is O=C(c1c2c(nc3ccccc13)/C(=C\c1ccccc1)CC2)N1CCC(c2ncn[nH]2)CC1. The first-order valence-electron chi connectivity index (χ1n) is 11.6. The number of amides is 1. The number of aromatic nitrogens is 4. The van der Waals surface area contributed by atoms with Gasteiger partial charge in [-0.1, -0.05) is 48.5 Å². The van der Waals surface area contributed by atoms with Crippen molar-refractivity contribution in [3.05, 3.63) is 89.1 Å². The van der Waals surface area contributed by atoms with Crippen LogP contribution in [0.5, 0.6) is 0 Å². The summed E-state index contributed by atoms with van der Waals surface area (Å²) < 4.78 is 0. The Kier molecular flexibility index (Phi) is 4.98. The van der Waals surface area contributed by atoms with E-state index in [0.717, 1.165) is 77.9 Å². The summed E-state index contributed by atoms with van der Waals surface area (Å²) in [7, 11) is 0. The second-order valence-corrected chi connectivity index (χ2v) is 8.85. The molecule has 1 N–H and O–H groups in total. The van der Waals surface area contributed by atoms with E-state index in [1.165, 1.54) is 5.57 Å². The zero-order chi connectivity index (χ0) is 22.2. The minimum atomic E-state index is 0.127. The Morgan fingerprint density at radius 1 is 1.00 bits per heavy atom. The van der Waals surface area contributed by atoms with Gasteiger partial charge in [0.05, 0.1) is 16.8 Å². The van der Waals surface area contributed by atoms with E-state index in [1.54, 1.807) is 6.33 Å². The molecule has 33 heavy (non-hydrogen) atoms. The molecule has 164 valence electrons. The Hall–Kier alpha value is -3.80. The summed E-state index contributed by atoms with van der Waals surface area (Å²) in [5, 5.41) is 7.93. The second-order valence-electron chi connectivity index (χ2n) is 8.85. The molecule has 3 heterocycles. The molecule has 1 aliphatic carbocycles. The lowest BCUT2D eigenvalue weighted by molar-refractivity contribution is 0.0712. The number of nitrogens with zero attached hydrogens (tertiary/aromatic N) is 4. The van der Waals surface area contributed by atoms with Crippen LogP contribution in [0.4, 0.5) is 0 Å². The quantitative estimate of drug-likeness (QED) is 0.499. The van der Waals surface area contributed by atoms with E-state index in [4.69, 9.17) is 4.98 Å². The van der Waals surface area contributed by atoms with Crippen LogP contribution in [-0.2, 0) is 6.42 Å². The minimum Gasteiger partial charge on any atom is -0.339 e. The summed E-state index contributed by atoms with van der Waals surface area (Å²) in [6.45, 7) is 1.45. The fourth-order valence-electron chi connectivity index (χ4n) is 5.20. The zero-order valence-electron chi connectivity index (χ0n) is 18.4. The summed E-state index contributed by atoms with van der Waals surface area (Å²) >= 11 is 0. The highest BCUT2D eigenvalue weighted by molar-refractivity contribution is 6.09. The Labute approximate surface area is 192 Å². The topological polar surface area (TPSA) is 74.8 Å². The van der Waals surface area contributed by atoms with Crippen LogP contribution in [0.25, 0.3) is 22.6 Å². The third kappa shape index (κ3) is 3.61. The number of piperidine rings is 1. The number of nitrogens with one attached hydrogen (secondary N) is 1. The van der Waals surface area contributed by atoms with Gasteiger partial charge in [0.1, 0.15) is 12.2 Å². The van der Waals surface area contributed by atoms with E-state index in [0.29, 0.717) is 5.92 Å².